The van der Waals surface area contributed by atoms with Gasteiger partial charge in [0.1, 0.15) is 5.75 Å². The highest BCUT2D eigenvalue weighted by Crippen LogP contribution is 2.15. The molecule has 2 aromatic carbocycles. The molecule has 0 aliphatic rings. The predicted molar refractivity (Wildman–Crippen MR) is 73.7 cm³/mol. The van der Waals surface area contributed by atoms with Crippen LogP contribution in [0.1, 0.15) is 10.4 Å². The van der Waals surface area contributed by atoms with E-state index in [2.05, 4.69) is 0 Å². The zero-order valence-corrected chi connectivity index (χ0v) is 10.6. The Hall–Kier alpha value is -2.49. The second kappa shape index (κ2) is 5.91. The average molecular weight is 257 g/mol. The van der Waals surface area contributed by atoms with Crippen molar-refractivity contribution in [3.8, 4) is 5.75 Å². The van der Waals surface area contributed by atoms with Crippen LogP contribution in [0.2, 0.25) is 0 Å². The molecule has 0 saturated carbocycles. The molecule has 4 heteroatoms. The van der Waals surface area contributed by atoms with Crippen molar-refractivity contribution in [2.75, 3.05) is 18.7 Å². The number of carboxylic acid groups (broad SMARTS) is 1. The quantitative estimate of drug-likeness (QED) is 0.837. The maximum atomic E-state index is 10.7. The molecular weight excluding hydrogens is 242 g/mol. The van der Waals surface area contributed by atoms with Crippen molar-refractivity contribution in [1.29, 1.82) is 0 Å². The van der Waals surface area contributed by atoms with E-state index in [9.17, 15) is 4.79 Å². The molecule has 2 rings (SSSR count). The standard InChI is InChI=1S/C15H15NO3/c1-16(13-5-3-2-4-6-13)11-19-14-9-7-12(8-10-14)15(17)18/h2-10H,11H2,1H3,(H,17,18). The van der Waals surface area contributed by atoms with Gasteiger partial charge in [0.15, 0.2) is 6.73 Å². The first-order valence-electron chi connectivity index (χ1n) is 5.89. The van der Waals surface area contributed by atoms with E-state index in [1.807, 2.05) is 42.3 Å². The van der Waals surface area contributed by atoms with Crippen LogP contribution < -0.4 is 9.64 Å². The molecule has 0 radical (unpaired) electrons. The molecule has 0 bridgehead atoms. The number of carboxylic acids is 1. The summed E-state index contributed by atoms with van der Waals surface area (Å²) in [6.45, 7) is 0.399. The van der Waals surface area contributed by atoms with Crippen molar-refractivity contribution in [2.45, 2.75) is 0 Å². The lowest BCUT2D eigenvalue weighted by Crippen LogP contribution is -2.22. The summed E-state index contributed by atoms with van der Waals surface area (Å²) in [5, 5.41) is 8.79. The van der Waals surface area contributed by atoms with Gasteiger partial charge in [-0.25, -0.2) is 4.79 Å². The molecule has 4 nitrogen and oxygen atoms in total. The maximum absolute atomic E-state index is 10.7. The van der Waals surface area contributed by atoms with Crippen LogP contribution in [0.15, 0.2) is 54.6 Å². The lowest BCUT2D eigenvalue weighted by molar-refractivity contribution is 0.0697. The molecule has 2 aromatic rings. The van der Waals surface area contributed by atoms with Gasteiger partial charge < -0.3 is 14.7 Å². The Kier molecular flexibility index (Phi) is 4.03. The number of rotatable bonds is 5. The van der Waals surface area contributed by atoms with Gasteiger partial charge >= 0.3 is 5.97 Å². The van der Waals surface area contributed by atoms with E-state index in [4.69, 9.17) is 9.84 Å². The van der Waals surface area contributed by atoms with Gasteiger partial charge in [-0.15, -0.1) is 0 Å². The zero-order valence-electron chi connectivity index (χ0n) is 10.6. The number of carbonyl (C=O) groups is 1. The van der Waals surface area contributed by atoms with E-state index in [1.165, 1.54) is 12.1 Å². The number of ether oxygens (including phenoxy) is 1. The average Bonchev–Trinajstić information content (AvgIpc) is 2.46. The van der Waals surface area contributed by atoms with E-state index in [0.717, 1.165) is 5.69 Å². The lowest BCUT2D eigenvalue weighted by Gasteiger charge is -2.19. The van der Waals surface area contributed by atoms with Crippen LogP contribution in [0.3, 0.4) is 0 Å². The molecule has 0 amide bonds. The minimum atomic E-state index is -0.937. The second-order valence-electron chi connectivity index (χ2n) is 4.14. The Morgan fingerprint density at radius 3 is 2.32 bits per heavy atom. The van der Waals surface area contributed by atoms with Crippen molar-refractivity contribution in [3.05, 3.63) is 60.2 Å². The Morgan fingerprint density at radius 2 is 1.74 bits per heavy atom. The molecule has 19 heavy (non-hydrogen) atoms. The monoisotopic (exact) mass is 257 g/mol. The van der Waals surface area contributed by atoms with Crippen LogP contribution >= 0.6 is 0 Å². The molecule has 0 spiro atoms. The van der Waals surface area contributed by atoms with Crippen molar-refractivity contribution in [1.82, 2.24) is 0 Å². The third-order valence-electron chi connectivity index (χ3n) is 2.72. The SMILES string of the molecule is CN(COc1ccc(C(=O)O)cc1)c1ccccc1. The zero-order chi connectivity index (χ0) is 13.7. The van der Waals surface area contributed by atoms with Crippen molar-refractivity contribution >= 4 is 11.7 Å². The highest BCUT2D eigenvalue weighted by Gasteiger charge is 2.03. The first kappa shape index (κ1) is 13.0. The maximum Gasteiger partial charge on any atom is 0.335 e. The largest absolute Gasteiger partial charge is 0.478 e. The molecule has 0 aliphatic heterocycles. The molecule has 0 atom stereocenters. The summed E-state index contributed by atoms with van der Waals surface area (Å²) in [6, 6.07) is 16.3. The van der Waals surface area contributed by atoms with Crippen molar-refractivity contribution in [3.63, 3.8) is 0 Å². The van der Waals surface area contributed by atoms with E-state index in [-0.39, 0.29) is 5.56 Å². The molecule has 0 unspecified atom stereocenters. The van der Waals surface area contributed by atoms with Crippen molar-refractivity contribution in [2.24, 2.45) is 0 Å². The number of hydrogen-bond acceptors (Lipinski definition) is 3. The number of benzene rings is 2. The van der Waals surface area contributed by atoms with Gasteiger partial charge in [-0.3, -0.25) is 0 Å². The van der Waals surface area contributed by atoms with E-state index in [1.54, 1.807) is 12.1 Å². The summed E-state index contributed by atoms with van der Waals surface area (Å²) in [5.74, 6) is -0.291. The molecule has 0 aliphatic carbocycles. The molecule has 0 saturated heterocycles. The van der Waals surface area contributed by atoms with Crippen LogP contribution in [0.25, 0.3) is 0 Å². The van der Waals surface area contributed by atoms with Gasteiger partial charge in [-0.2, -0.15) is 0 Å². The molecule has 0 heterocycles. The van der Waals surface area contributed by atoms with Crippen molar-refractivity contribution < 1.29 is 14.6 Å². The van der Waals surface area contributed by atoms with Gasteiger partial charge in [0, 0.05) is 12.7 Å². The van der Waals surface area contributed by atoms with Crippen LogP contribution in [-0.2, 0) is 0 Å². The topological polar surface area (TPSA) is 49.8 Å². The predicted octanol–water partition coefficient (Wildman–Crippen LogP) is 2.86. The Bertz CT molecular complexity index is 537. The fourth-order valence-corrected chi connectivity index (χ4v) is 1.62. The lowest BCUT2D eigenvalue weighted by atomic mass is 10.2. The minimum absolute atomic E-state index is 0.253. The number of para-hydroxylation sites is 1. The fraction of sp³-hybridized carbons (Fsp3) is 0.133. The molecule has 98 valence electrons. The van der Waals surface area contributed by atoms with Gasteiger partial charge in [0.25, 0.3) is 0 Å². The van der Waals surface area contributed by atoms with E-state index in [0.29, 0.717) is 12.5 Å². The number of hydrogen-bond donors (Lipinski definition) is 1. The normalized spacial score (nSPS) is 9.95. The van der Waals surface area contributed by atoms with Gasteiger partial charge in [0.2, 0.25) is 0 Å². The highest BCUT2D eigenvalue weighted by atomic mass is 16.5. The van der Waals surface area contributed by atoms with Crippen LogP contribution in [-0.4, -0.2) is 24.9 Å². The third kappa shape index (κ3) is 3.48. The first-order chi connectivity index (χ1) is 9.16. The first-order valence-corrected chi connectivity index (χ1v) is 5.89. The summed E-state index contributed by atoms with van der Waals surface area (Å²) >= 11 is 0. The van der Waals surface area contributed by atoms with E-state index < -0.39 is 5.97 Å². The van der Waals surface area contributed by atoms with E-state index >= 15 is 0 Å². The Balaban J connectivity index is 1.93. The van der Waals surface area contributed by atoms with Crippen LogP contribution in [0.5, 0.6) is 5.75 Å². The van der Waals surface area contributed by atoms with Gasteiger partial charge in [0.05, 0.1) is 5.56 Å². The van der Waals surface area contributed by atoms with Gasteiger partial charge in [-0.05, 0) is 36.4 Å². The minimum Gasteiger partial charge on any atom is -0.478 e. The summed E-state index contributed by atoms with van der Waals surface area (Å²) in [4.78, 5) is 12.7. The summed E-state index contributed by atoms with van der Waals surface area (Å²) in [5.41, 5.74) is 1.31. The summed E-state index contributed by atoms with van der Waals surface area (Å²) in [7, 11) is 1.93. The molecule has 0 fully saturated rings. The highest BCUT2D eigenvalue weighted by molar-refractivity contribution is 5.87. The Morgan fingerprint density at radius 1 is 1.11 bits per heavy atom. The number of nitrogens with zero attached hydrogens (tertiary/aromatic N) is 1. The Labute approximate surface area is 111 Å². The summed E-state index contributed by atoms with van der Waals surface area (Å²) in [6.07, 6.45) is 0. The fourth-order valence-electron chi connectivity index (χ4n) is 1.62. The molecular formula is C15H15NO3. The summed E-state index contributed by atoms with van der Waals surface area (Å²) < 4.78 is 5.59. The van der Waals surface area contributed by atoms with Crippen LogP contribution in [0.4, 0.5) is 5.69 Å². The third-order valence-corrected chi connectivity index (χ3v) is 2.72. The van der Waals surface area contributed by atoms with Crippen LogP contribution in [0, 0.1) is 0 Å². The van der Waals surface area contributed by atoms with Gasteiger partial charge in [-0.1, -0.05) is 18.2 Å². The smallest absolute Gasteiger partial charge is 0.335 e. The molecule has 0 aromatic heterocycles. The number of aromatic carboxylic acids is 1. The number of anilines is 1. The second-order valence-corrected chi connectivity index (χ2v) is 4.14. The molecule has 1 N–H and O–H groups in total.